The van der Waals surface area contributed by atoms with Gasteiger partial charge >= 0.3 is 12.2 Å². The molecule has 4 heterocycles. The summed E-state index contributed by atoms with van der Waals surface area (Å²) in [4.78, 5) is 72.4. The lowest BCUT2D eigenvalue weighted by Gasteiger charge is -2.28. The van der Waals surface area contributed by atoms with Crippen molar-refractivity contribution in [2.75, 3.05) is 27.3 Å². The van der Waals surface area contributed by atoms with E-state index in [2.05, 4.69) is 32.4 Å². The summed E-state index contributed by atoms with van der Waals surface area (Å²) in [5, 5.41) is 5.41. The molecule has 58 heavy (non-hydrogen) atoms. The second-order valence-electron chi connectivity index (χ2n) is 14.3. The topological polar surface area (TPSA) is 175 Å². The first-order valence-corrected chi connectivity index (χ1v) is 19.2. The summed E-state index contributed by atoms with van der Waals surface area (Å²) in [6, 6.07) is 27.4. The highest BCUT2D eigenvalue weighted by Crippen LogP contribution is 2.35. The molecule has 0 bridgehead atoms. The highest BCUT2D eigenvalue weighted by molar-refractivity contribution is 5.88. The number of H-pyrrole nitrogens is 2. The number of aromatic nitrogens is 4. The maximum Gasteiger partial charge on any atom is 0.407 e. The zero-order chi connectivity index (χ0) is 40.2. The summed E-state index contributed by atoms with van der Waals surface area (Å²) in [7, 11) is 2.55. The van der Waals surface area contributed by atoms with Gasteiger partial charge in [0.15, 0.2) is 0 Å². The van der Waals surface area contributed by atoms with E-state index >= 15 is 0 Å². The molecule has 4 amide bonds. The Labute approximate surface area is 334 Å². The number of alkyl carbamates (subject to hydrolysis) is 2. The van der Waals surface area contributed by atoms with E-state index in [-0.39, 0.29) is 23.9 Å². The normalized spacial score (nSPS) is 17.3. The number of nitrogens with zero attached hydrogens (tertiary/aromatic N) is 4. The summed E-state index contributed by atoms with van der Waals surface area (Å²) in [6.45, 7) is 1.07. The maximum atomic E-state index is 13.9. The smallest absolute Gasteiger partial charge is 0.407 e. The van der Waals surface area contributed by atoms with E-state index < -0.39 is 24.3 Å². The third kappa shape index (κ3) is 7.79. The lowest BCUT2D eigenvalue weighted by atomic mass is 10.1. The number of nitrogens with one attached hydrogen (secondary N) is 4. The number of fused-ring (bicyclic) bond motifs is 2. The summed E-state index contributed by atoms with van der Waals surface area (Å²) < 4.78 is 9.65. The fourth-order valence-electron chi connectivity index (χ4n) is 7.86. The van der Waals surface area contributed by atoms with Gasteiger partial charge in [-0.1, -0.05) is 72.5 Å². The van der Waals surface area contributed by atoms with Crippen molar-refractivity contribution in [3.05, 3.63) is 131 Å². The number of carbonyl (C=O) groups excluding carboxylic acids is 4. The van der Waals surface area contributed by atoms with Gasteiger partial charge in [-0.3, -0.25) is 9.59 Å². The number of carbonyl (C=O) groups is 4. The molecule has 4 unspecified atom stereocenters. The second kappa shape index (κ2) is 16.5. The van der Waals surface area contributed by atoms with Crippen molar-refractivity contribution in [3.63, 3.8) is 0 Å². The first-order valence-electron chi connectivity index (χ1n) is 19.2. The number of aromatic amines is 2. The molecule has 14 nitrogen and oxygen atoms in total. The molecular formula is C44H42N8O6. The fraction of sp³-hybridized carbons (Fsp3) is 0.273. The number of hydrogen-bond donors (Lipinski definition) is 4. The van der Waals surface area contributed by atoms with Gasteiger partial charge < -0.3 is 39.9 Å². The number of methoxy groups -OCH3 is 2. The van der Waals surface area contributed by atoms with Crippen LogP contribution in [0, 0.1) is 11.8 Å². The van der Waals surface area contributed by atoms with Gasteiger partial charge in [0, 0.05) is 24.2 Å². The van der Waals surface area contributed by atoms with Crippen LogP contribution < -0.4 is 10.6 Å². The SMILES string of the molecule is COC(=O)NC(C(=O)N1CCCC1c1nc2ccc(C#Cc3ccc4nc(C5CCCN5C(=O)C(NC(=O)OC)c5ccccc5)[nH]c4c3)cc2[nH]1)c1ccccc1. The van der Waals surface area contributed by atoms with Crippen LogP contribution in [0.1, 0.15) is 83.8 Å². The van der Waals surface area contributed by atoms with E-state index in [1.807, 2.05) is 97.1 Å². The Bertz CT molecular complexity index is 2370. The molecule has 0 saturated carbocycles. The van der Waals surface area contributed by atoms with Crippen LogP contribution in [0.4, 0.5) is 9.59 Å². The van der Waals surface area contributed by atoms with E-state index in [1.54, 1.807) is 9.80 Å². The van der Waals surface area contributed by atoms with E-state index in [4.69, 9.17) is 19.4 Å². The first kappa shape index (κ1) is 37.8. The zero-order valence-electron chi connectivity index (χ0n) is 32.0. The number of imidazole rings is 2. The highest BCUT2D eigenvalue weighted by atomic mass is 16.5. The van der Waals surface area contributed by atoms with Crippen molar-refractivity contribution in [1.29, 1.82) is 0 Å². The minimum absolute atomic E-state index is 0.230. The van der Waals surface area contributed by atoms with Crippen LogP contribution in [-0.4, -0.2) is 81.0 Å². The first-order chi connectivity index (χ1) is 28.3. The Kier molecular flexibility index (Phi) is 10.8. The Balaban J connectivity index is 0.987. The van der Waals surface area contributed by atoms with Crippen molar-refractivity contribution < 1.29 is 28.7 Å². The summed E-state index contributed by atoms with van der Waals surface area (Å²) in [6.07, 6.45) is 1.69. The molecule has 4 N–H and O–H groups in total. The molecule has 2 aromatic heterocycles. The maximum absolute atomic E-state index is 13.9. The van der Waals surface area contributed by atoms with E-state index in [1.165, 1.54) is 14.2 Å². The van der Waals surface area contributed by atoms with Crippen molar-refractivity contribution in [2.45, 2.75) is 49.9 Å². The van der Waals surface area contributed by atoms with Gasteiger partial charge in [0.2, 0.25) is 0 Å². The van der Waals surface area contributed by atoms with Gasteiger partial charge in [-0.25, -0.2) is 19.6 Å². The standard InChI is InChI=1S/C44H42N8O6/c1-57-43(55)49-37(29-11-5-3-6-12-29)41(53)51-23-9-15-35(51)39-45-31-21-19-27(25-33(31)47-39)17-18-28-20-22-32-34(26-28)48-40(46-32)36-16-10-24-52(36)42(54)38(50-44(56)58-2)30-13-7-4-8-14-30/h3-8,11-14,19-22,25-26,35-38H,9-10,15-16,23-24H2,1-2H3,(H,45,47)(H,46,48)(H,49,55)(H,50,56). The minimum Gasteiger partial charge on any atom is -0.453 e. The quantitative estimate of drug-likeness (QED) is 0.129. The van der Waals surface area contributed by atoms with Crippen LogP contribution in [0.15, 0.2) is 97.1 Å². The molecule has 294 valence electrons. The molecular weight excluding hydrogens is 737 g/mol. The number of ether oxygens (including phenoxy) is 2. The van der Waals surface area contributed by atoms with Crippen LogP contribution >= 0.6 is 0 Å². The lowest BCUT2D eigenvalue weighted by Crippen LogP contribution is -2.42. The Hall–Kier alpha value is -7.14. The van der Waals surface area contributed by atoms with E-state index in [0.29, 0.717) is 35.9 Å². The molecule has 0 radical (unpaired) electrons. The number of amides is 4. The molecule has 14 heteroatoms. The van der Waals surface area contributed by atoms with Gasteiger partial charge in [-0.2, -0.15) is 0 Å². The molecule has 0 aliphatic carbocycles. The van der Waals surface area contributed by atoms with Crippen molar-refractivity contribution in [2.24, 2.45) is 0 Å². The molecule has 8 rings (SSSR count). The number of benzene rings is 4. The predicted octanol–water partition coefficient (Wildman–Crippen LogP) is 6.36. The number of likely N-dealkylation sites (tertiary alicyclic amines) is 2. The molecule has 4 aromatic carbocycles. The molecule has 0 spiro atoms. The zero-order valence-corrected chi connectivity index (χ0v) is 32.0. The van der Waals surface area contributed by atoms with Crippen LogP contribution in [0.2, 0.25) is 0 Å². The summed E-state index contributed by atoms with van der Waals surface area (Å²) >= 11 is 0. The molecule has 2 aliphatic rings. The van der Waals surface area contributed by atoms with Crippen LogP contribution in [-0.2, 0) is 19.1 Å². The van der Waals surface area contributed by atoms with E-state index in [9.17, 15) is 19.2 Å². The van der Waals surface area contributed by atoms with Gasteiger partial charge in [0.05, 0.1) is 48.4 Å². The Morgan fingerprint density at radius 1 is 0.638 bits per heavy atom. The molecule has 2 fully saturated rings. The largest absolute Gasteiger partial charge is 0.453 e. The predicted molar refractivity (Wildman–Crippen MR) is 215 cm³/mol. The summed E-state index contributed by atoms with van der Waals surface area (Å²) in [5.74, 6) is 7.42. The average Bonchev–Trinajstić information content (AvgIpc) is 4.09. The van der Waals surface area contributed by atoms with Gasteiger partial charge in [-0.15, -0.1) is 0 Å². The fourth-order valence-corrected chi connectivity index (χ4v) is 7.86. The van der Waals surface area contributed by atoms with Crippen LogP contribution in [0.3, 0.4) is 0 Å². The highest BCUT2D eigenvalue weighted by Gasteiger charge is 2.38. The van der Waals surface area contributed by atoms with Crippen LogP contribution in [0.5, 0.6) is 0 Å². The Morgan fingerprint density at radius 3 is 1.45 bits per heavy atom. The average molecular weight is 779 g/mol. The van der Waals surface area contributed by atoms with Crippen molar-refractivity contribution >= 4 is 46.1 Å². The third-order valence-corrected chi connectivity index (χ3v) is 10.7. The van der Waals surface area contributed by atoms with E-state index in [0.717, 1.165) is 58.9 Å². The molecule has 2 aliphatic heterocycles. The van der Waals surface area contributed by atoms with Crippen molar-refractivity contribution in [1.82, 2.24) is 40.4 Å². The molecule has 6 aromatic rings. The van der Waals surface area contributed by atoms with Gasteiger partial charge in [0.25, 0.3) is 11.8 Å². The van der Waals surface area contributed by atoms with Gasteiger partial charge in [0.1, 0.15) is 23.7 Å². The molecule has 2 saturated heterocycles. The Morgan fingerprint density at radius 2 is 1.05 bits per heavy atom. The number of rotatable bonds is 8. The summed E-state index contributed by atoms with van der Waals surface area (Å²) in [5.41, 5.74) is 6.02. The monoisotopic (exact) mass is 778 g/mol. The van der Waals surface area contributed by atoms with Crippen molar-refractivity contribution in [3.8, 4) is 11.8 Å². The minimum atomic E-state index is -0.899. The second-order valence-corrected chi connectivity index (χ2v) is 14.3. The number of hydrogen-bond acceptors (Lipinski definition) is 8. The van der Waals surface area contributed by atoms with Crippen LogP contribution in [0.25, 0.3) is 22.1 Å². The third-order valence-electron chi connectivity index (χ3n) is 10.7. The molecule has 4 atom stereocenters. The lowest BCUT2D eigenvalue weighted by molar-refractivity contribution is -0.135. The van der Waals surface area contributed by atoms with Gasteiger partial charge in [-0.05, 0) is 73.2 Å².